The summed E-state index contributed by atoms with van der Waals surface area (Å²) >= 11 is 0. The van der Waals surface area contributed by atoms with Crippen molar-refractivity contribution in [3.63, 3.8) is 0 Å². The number of carbonyl (C=O) groups excluding carboxylic acids is 4. The number of ether oxygens (including phenoxy) is 3. The predicted octanol–water partition coefficient (Wildman–Crippen LogP) is 1.13. The van der Waals surface area contributed by atoms with Crippen LogP contribution in [-0.4, -0.2) is 242 Å². The van der Waals surface area contributed by atoms with Crippen molar-refractivity contribution in [2.45, 2.75) is 124 Å². The molecule has 3 atom stereocenters. The average molecular weight is 1040 g/mol. The maximum Gasteiger partial charge on any atom is 0.320 e. The molecular formula is C50H90N8O15. The van der Waals surface area contributed by atoms with Crippen LogP contribution in [-0.2, 0) is 52.6 Å². The third kappa shape index (κ3) is 27.0. The second-order valence-electron chi connectivity index (χ2n) is 22.4. The van der Waals surface area contributed by atoms with Gasteiger partial charge in [0.2, 0.25) is 23.6 Å². The summed E-state index contributed by atoms with van der Waals surface area (Å²) < 4.78 is 17.4. The Morgan fingerprint density at radius 1 is 0.603 bits per heavy atom. The number of carbonyl (C=O) groups is 8. The molecule has 23 nitrogen and oxygen atoms in total. The lowest BCUT2D eigenvalue weighted by atomic mass is 9.92. The fourth-order valence-corrected chi connectivity index (χ4v) is 8.50. The van der Waals surface area contributed by atoms with Crippen LogP contribution in [0.3, 0.4) is 0 Å². The summed E-state index contributed by atoms with van der Waals surface area (Å²) in [6.07, 6.45) is 2.75. The zero-order valence-electron chi connectivity index (χ0n) is 45.3. The van der Waals surface area contributed by atoms with Crippen molar-refractivity contribution in [1.82, 2.24) is 40.4 Å². The number of rotatable bonds is 34. The smallest absolute Gasteiger partial charge is 0.320 e. The highest BCUT2D eigenvalue weighted by atomic mass is 16.5. The standard InChI is InChI=1S/C50H90N8O15/c1-10-11-12-13-40(60)53-37(14-17-41(61)58-31-50(58,8)36-73-35-49(6,7)32-71-9)45(68)52-30-48(4,5)34-72-33-47(2,3)29-51-39(59)16-15-38(46(69)70)57-24-22-55(27-43(64)65)20-18-54(26-42(62)63)19-21-56(23-25-57)28-44(66)67/h37-38H,10-36H2,1-9H3,(H,51,59)(H,52,68)(H,53,60)(H,62,63)(H,64,65)(H,66,67)(H,69,70)/t37-,38?,50?,58?/m0/s1. The number of nitrogens with one attached hydrogen (secondary N) is 3. The minimum absolute atomic E-state index is 0.0674. The highest BCUT2D eigenvalue weighted by Crippen LogP contribution is 2.34. The number of hydrogen-bond donors (Lipinski definition) is 7. The van der Waals surface area contributed by atoms with E-state index in [-0.39, 0.29) is 154 Å². The van der Waals surface area contributed by atoms with E-state index in [2.05, 4.69) is 16.0 Å². The first-order chi connectivity index (χ1) is 34.1. The van der Waals surface area contributed by atoms with E-state index in [9.17, 15) is 58.8 Å². The molecule has 0 bridgehead atoms. The molecule has 23 heteroatoms. The van der Waals surface area contributed by atoms with Gasteiger partial charge < -0.3 is 55.5 Å². The molecule has 0 saturated carbocycles. The quantitative estimate of drug-likeness (QED) is 0.0351. The predicted molar refractivity (Wildman–Crippen MR) is 271 cm³/mol. The number of hydrogen-bond acceptors (Lipinski definition) is 15. The van der Waals surface area contributed by atoms with Gasteiger partial charge in [0, 0.05) is 115 Å². The molecular weight excluding hydrogens is 953 g/mol. The summed E-state index contributed by atoms with van der Waals surface area (Å²) in [6.45, 7) is 18.7. The second kappa shape index (κ2) is 31.4. The van der Waals surface area contributed by atoms with Crippen LogP contribution in [0.15, 0.2) is 0 Å². The van der Waals surface area contributed by atoms with Gasteiger partial charge in [-0.2, -0.15) is 0 Å². The van der Waals surface area contributed by atoms with Crippen molar-refractivity contribution in [3.8, 4) is 0 Å². The molecule has 2 unspecified atom stereocenters. The van der Waals surface area contributed by atoms with E-state index in [1.54, 1.807) is 31.6 Å². The Hall–Kier alpha value is -4.52. The number of carboxylic acid groups (broad SMARTS) is 4. The van der Waals surface area contributed by atoms with Gasteiger partial charge in [0.1, 0.15) is 12.1 Å². The molecule has 2 saturated heterocycles. The fourth-order valence-electron chi connectivity index (χ4n) is 8.50. The first kappa shape index (κ1) is 64.6. The molecule has 73 heavy (non-hydrogen) atoms. The molecule has 2 fully saturated rings. The molecule has 420 valence electrons. The van der Waals surface area contributed by atoms with Gasteiger partial charge in [0.15, 0.2) is 0 Å². The fraction of sp³-hybridized carbons (Fsp3) is 0.840. The van der Waals surface area contributed by atoms with E-state index in [1.165, 1.54) is 0 Å². The number of amides is 4. The van der Waals surface area contributed by atoms with Gasteiger partial charge in [-0.25, -0.2) is 0 Å². The topological polar surface area (TPSA) is 297 Å². The molecule has 2 aliphatic heterocycles. The van der Waals surface area contributed by atoms with E-state index >= 15 is 0 Å². The van der Waals surface area contributed by atoms with Gasteiger partial charge in [-0.15, -0.1) is 0 Å². The van der Waals surface area contributed by atoms with Gasteiger partial charge in [-0.05, 0) is 26.2 Å². The summed E-state index contributed by atoms with van der Waals surface area (Å²) in [5, 5.41) is 47.6. The van der Waals surface area contributed by atoms with E-state index in [0.29, 0.717) is 32.8 Å². The van der Waals surface area contributed by atoms with Gasteiger partial charge in [0.05, 0.1) is 58.2 Å². The Labute approximate surface area is 432 Å². The molecule has 2 heterocycles. The third-order valence-corrected chi connectivity index (χ3v) is 12.9. The van der Waals surface area contributed by atoms with E-state index < -0.39 is 58.2 Å². The van der Waals surface area contributed by atoms with E-state index in [0.717, 1.165) is 12.8 Å². The summed E-state index contributed by atoms with van der Waals surface area (Å²) in [5.74, 6) is -5.64. The largest absolute Gasteiger partial charge is 0.480 e. The highest BCUT2D eigenvalue weighted by Gasteiger charge is 2.51. The molecule has 2 aliphatic rings. The lowest BCUT2D eigenvalue weighted by molar-refractivity contribution is -0.145. The maximum absolute atomic E-state index is 13.6. The van der Waals surface area contributed by atoms with Gasteiger partial charge in [-0.1, -0.05) is 61.3 Å². The third-order valence-electron chi connectivity index (χ3n) is 12.9. The second-order valence-corrected chi connectivity index (χ2v) is 22.4. The molecule has 0 radical (unpaired) electrons. The number of unbranched alkanes of at least 4 members (excludes halogenated alkanes) is 2. The van der Waals surface area contributed by atoms with Crippen LogP contribution < -0.4 is 16.0 Å². The van der Waals surface area contributed by atoms with Crippen LogP contribution in [0, 0.1) is 16.2 Å². The molecule has 0 aromatic carbocycles. The summed E-state index contributed by atoms with van der Waals surface area (Å²) in [5.41, 5.74) is -1.71. The van der Waals surface area contributed by atoms with Gasteiger partial charge in [0.25, 0.3) is 0 Å². The number of nitrogens with zero attached hydrogens (tertiary/aromatic N) is 5. The average Bonchev–Trinajstić information content (AvgIpc) is 3.96. The van der Waals surface area contributed by atoms with Crippen molar-refractivity contribution in [2.24, 2.45) is 16.2 Å². The van der Waals surface area contributed by atoms with Crippen LogP contribution >= 0.6 is 0 Å². The first-order valence-electron chi connectivity index (χ1n) is 25.7. The van der Waals surface area contributed by atoms with Crippen LogP contribution in [0.25, 0.3) is 0 Å². The molecule has 7 N–H and O–H groups in total. The molecule has 0 spiro atoms. The maximum atomic E-state index is 13.6. The van der Waals surface area contributed by atoms with E-state index in [1.807, 2.05) is 55.4 Å². The van der Waals surface area contributed by atoms with Crippen molar-refractivity contribution in [2.75, 3.05) is 132 Å². The van der Waals surface area contributed by atoms with Gasteiger partial charge >= 0.3 is 23.9 Å². The summed E-state index contributed by atoms with van der Waals surface area (Å²) in [6, 6.07) is -2.07. The van der Waals surface area contributed by atoms with Crippen molar-refractivity contribution >= 4 is 47.5 Å². The van der Waals surface area contributed by atoms with Crippen LogP contribution in [0.5, 0.6) is 0 Å². The normalized spacial score (nSPS) is 18.9. The minimum Gasteiger partial charge on any atom is -0.480 e. The Morgan fingerprint density at radius 2 is 1.10 bits per heavy atom. The minimum atomic E-state index is -1.19. The number of aliphatic carboxylic acids is 4. The Bertz CT molecular complexity index is 1770. The summed E-state index contributed by atoms with van der Waals surface area (Å²) in [4.78, 5) is 109. The molecule has 0 aromatic heterocycles. The zero-order valence-corrected chi connectivity index (χ0v) is 45.3. The summed E-state index contributed by atoms with van der Waals surface area (Å²) in [7, 11) is 1.64. The SMILES string of the molecule is CCCCCC(=O)N[C@@H](CCC(=O)N1CC1(C)COCC(C)(C)COC)C(=O)NCC(C)(C)COCC(C)(C)CNC(=O)CCC(C(=O)O)N1CCN(CC(=O)O)CCN(CC(=O)O)CCN(CC(=O)O)CC1. The van der Waals surface area contributed by atoms with Crippen LogP contribution in [0.1, 0.15) is 107 Å². The Morgan fingerprint density at radius 3 is 1.58 bits per heavy atom. The first-order valence-corrected chi connectivity index (χ1v) is 25.7. The molecule has 0 aromatic rings. The van der Waals surface area contributed by atoms with Crippen LogP contribution in [0.2, 0.25) is 0 Å². The van der Waals surface area contributed by atoms with Gasteiger partial charge in [-0.3, -0.25) is 58.0 Å². The lowest BCUT2D eigenvalue weighted by Crippen LogP contribution is -2.52. The lowest BCUT2D eigenvalue weighted by Gasteiger charge is -2.35. The number of carboxylic acids is 4. The Balaban J connectivity index is 1.97. The van der Waals surface area contributed by atoms with Crippen molar-refractivity contribution in [3.05, 3.63) is 0 Å². The zero-order chi connectivity index (χ0) is 55.0. The Kier molecular flexibility index (Phi) is 27.8. The van der Waals surface area contributed by atoms with Crippen molar-refractivity contribution in [1.29, 1.82) is 0 Å². The molecule has 4 amide bonds. The number of methoxy groups -OCH3 is 1. The van der Waals surface area contributed by atoms with Crippen molar-refractivity contribution < 1.29 is 73.0 Å². The monoisotopic (exact) mass is 1040 g/mol. The van der Waals surface area contributed by atoms with Crippen LogP contribution in [0.4, 0.5) is 0 Å². The molecule has 0 aliphatic carbocycles. The van der Waals surface area contributed by atoms with E-state index in [4.69, 9.17) is 14.2 Å². The molecule has 2 rings (SSSR count). The highest BCUT2D eigenvalue weighted by molar-refractivity contribution is 5.88.